The van der Waals surface area contributed by atoms with Gasteiger partial charge >= 0.3 is 0 Å². The van der Waals surface area contributed by atoms with Crippen molar-refractivity contribution in [1.82, 2.24) is 9.97 Å². The maximum atomic E-state index is 6.99. The van der Waals surface area contributed by atoms with Crippen LogP contribution in [0.3, 0.4) is 0 Å². The van der Waals surface area contributed by atoms with Gasteiger partial charge in [-0.05, 0) is 43.4 Å². The zero-order chi connectivity index (χ0) is 28.7. The van der Waals surface area contributed by atoms with Gasteiger partial charge in [-0.25, -0.2) is 14.8 Å². The van der Waals surface area contributed by atoms with Gasteiger partial charge in [-0.3, -0.25) is 0 Å². The molecule has 2 saturated heterocycles. The molecule has 0 spiro atoms. The highest BCUT2D eigenvalue weighted by atomic mass is 79.9. The van der Waals surface area contributed by atoms with Crippen molar-refractivity contribution < 1.29 is 9.47 Å². The van der Waals surface area contributed by atoms with Gasteiger partial charge in [0, 0.05) is 71.1 Å². The lowest BCUT2D eigenvalue weighted by Crippen LogP contribution is -2.40. The number of hydrogen-bond acceptors (Lipinski definition) is 8. The molecule has 2 aromatic heterocycles. The van der Waals surface area contributed by atoms with Gasteiger partial charge < -0.3 is 20.9 Å². The molecule has 214 valence electrons. The number of halogens is 1. The van der Waals surface area contributed by atoms with Crippen molar-refractivity contribution in [1.29, 1.82) is 0 Å². The summed E-state index contributed by atoms with van der Waals surface area (Å²) >= 11 is 6.85. The maximum absolute atomic E-state index is 6.99. The third-order valence-corrected chi connectivity index (χ3v) is 10.7. The van der Waals surface area contributed by atoms with E-state index in [4.69, 9.17) is 37.5 Å². The number of ether oxygens (including phenoxy) is 2. The molecule has 0 radical (unpaired) electrons. The van der Waals surface area contributed by atoms with Crippen molar-refractivity contribution in [3.63, 3.8) is 0 Å². The van der Waals surface area contributed by atoms with Crippen LogP contribution in [0.15, 0.2) is 63.8 Å². The van der Waals surface area contributed by atoms with Gasteiger partial charge in [-0.15, -0.1) is 22.7 Å². The van der Waals surface area contributed by atoms with E-state index >= 15 is 0 Å². The Morgan fingerprint density at radius 3 is 1.54 bits per heavy atom. The van der Waals surface area contributed by atoms with E-state index in [-0.39, 0.29) is 10.8 Å². The molecule has 10 heteroatoms. The molecule has 2 aliphatic rings. The Hall–Kier alpha value is -2.49. The van der Waals surface area contributed by atoms with E-state index in [0.29, 0.717) is 18.8 Å². The molecule has 2 aliphatic heterocycles. The van der Waals surface area contributed by atoms with Crippen LogP contribution in [0.4, 0.5) is 5.69 Å². The van der Waals surface area contributed by atoms with Crippen molar-refractivity contribution in [2.24, 2.45) is 11.5 Å². The van der Waals surface area contributed by atoms with Crippen LogP contribution in [-0.4, -0.2) is 49.5 Å². The molecule has 2 aromatic carbocycles. The van der Waals surface area contributed by atoms with Gasteiger partial charge in [0.25, 0.3) is 0 Å². The Morgan fingerprint density at radius 1 is 0.732 bits per heavy atom. The Morgan fingerprint density at radius 2 is 1.15 bits per heavy atom. The number of nitrogens with zero attached hydrogens (tertiary/aromatic N) is 3. The highest BCUT2D eigenvalue weighted by Crippen LogP contribution is 2.39. The monoisotopic (exact) mass is 651 g/mol. The zero-order valence-electron chi connectivity index (χ0n) is 22.9. The average Bonchev–Trinajstić information content (AvgIpc) is 3.74. The fourth-order valence-corrected chi connectivity index (χ4v) is 7.63. The Balaban J connectivity index is 0.000000165. The second-order valence-corrected chi connectivity index (χ2v) is 13.1. The van der Waals surface area contributed by atoms with E-state index in [1.54, 1.807) is 22.7 Å². The first-order valence-electron chi connectivity index (χ1n) is 13.7. The Kier molecular flexibility index (Phi) is 9.99. The van der Waals surface area contributed by atoms with Crippen molar-refractivity contribution in [2.75, 3.05) is 39.5 Å². The Bertz CT molecular complexity index is 1450. The lowest BCUT2D eigenvalue weighted by atomic mass is 9.81. The molecule has 0 amide bonds. The smallest absolute Gasteiger partial charge is 0.187 e. The molecule has 0 atom stereocenters. The van der Waals surface area contributed by atoms with Gasteiger partial charge in [0.15, 0.2) is 5.69 Å². The highest BCUT2D eigenvalue weighted by molar-refractivity contribution is 9.10. The van der Waals surface area contributed by atoms with E-state index in [9.17, 15) is 0 Å². The number of aromatic nitrogens is 2. The summed E-state index contributed by atoms with van der Waals surface area (Å²) in [6.07, 6.45) is 3.81. The summed E-state index contributed by atoms with van der Waals surface area (Å²) in [5, 5.41) is 6.47. The van der Waals surface area contributed by atoms with Crippen molar-refractivity contribution in [3.8, 4) is 22.5 Å². The van der Waals surface area contributed by atoms with E-state index in [2.05, 4.69) is 43.7 Å². The number of thiazole rings is 2. The lowest BCUT2D eigenvalue weighted by Gasteiger charge is -2.34. The third kappa shape index (κ3) is 6.78. The molecule has 4 aromatic rings. The summed E-state index contributed by atoms with van der Waals surface area (Å²) in [6, 6.07) is 15.8. The van der Waals surface area contributed by atoms with Crippen LogP contribution in [0.25, 0.3) is 27.4 Å². The molecule has 2 fully saturated rings. The lowest BCUT2D eigenvalue weighted by molar-refractivity contribution is 0.0528. The van der Waals surface area contributed by atoms with E-state index in [1.165, 1.54) is 0 Å². The zero-order valence-corrected chi connectivity index (χ0v) is 26.1. The predicted octanol–water partition coefficient (Wildman–Crippen LogP) is 6.95. The van der Waals surface area contributed by atoms with Crippen molar-refractivity contribution in [2.45, 2.75) is 36.5 Å². The molecule has 7 nitrogen and oxygen atoms in total. The molecule has 4 N–H and O–H groups in total. The van der Waals surface area contributed by atoms with Crippen LogP contribution in [-0.2, 0) is 20.3 Å². The first-order chi connectivity index (χ1) is 20.0. The van der Waals surface area contributed by atoms with Crippen LogP contribution in [0.1, 0.15) is 35.7 Å². The SMILES string of the molecule is NCC1(c2nc(-c3ccc(Br)cc3)cs2)CCOCC1.[C-]#[N+]c1ccc(-c2csc(C3(CN)CCOCC3)n2)cc1. The van der Waals surface area contributed by atoms with Gasteiger partial charge in [-0.2, -0.15) is 0 Å². The van der Waals surface area contributed by atoms with Crippen LogP contribution in [0, 0.1) is 6.57 Å². The number of hydrogen-bond donors (Lipinski definition) is 2. The highest BCUT2D eigenvalue weighted by Gasteiger charge is 2.37. The van der Waals surface area contributed by atoms with E-state index in [0.717, 1.165) is 89.1 Å². The fraction of sp³-hybridized carbons (Fsp3) is 0.387. The molecular weight excluding hydrogens is 618 g/mol. The molecular formula is C31H34BrN5O2S2. The maximum Gasteiger partial charge on any atom is 0.187 e. The molecule has 0 unspecified atom stereocenters. The van der Waals surface area contributed by atoms with Crippen molar-refractivity contribution >= 4 is 44.3 Å². The summed E-state index contributed by atoms with van der Waals surface area (Å²) in [5.41, 5.74) is 16.9. The molecule has 0 aliphatic carbocycles. The second kappa shape index (κ2) is 13.7. The van der Waals surface area contributed by atoms with E-state index < -0.39 is 0 Å². The summed E-state index contributed by atoms with van der Waals surface area (Å²) < 4.78 is 12.0. The summed E-state index contributed by atoms with van der Waals surface area (Å²) in [7, 11) is 0. The minimum Gasteiger partial charge on any atom is -0.381 e. The second-order valence-electron chi connectivity index (χ2n) is 10.4. The molecule has 41 heavy (non-hydrogen) atoms. The summed E-state index contributed by atoms with van der Waals surface area (Å²) in [4.78, 5) is 13.1. The van der Waals surface area contributed by atoms with Crippen LogP contribution >= 0.6 is 38.6 Å². The minimum absolute atomic E-state index is 0.0104. The van der Waals surface area contributed by atoms with Gasteiger partial charge in [-0.1, -0.05) is 52.3 Å². The fourth-order valence-electron chi connectivity index (χ4n) is 5.16. The van der Waals surface area contributed by atoms with Crippen molar-refractivity contribution in [3.05, 3.63) is 85.2 Å². The average molecular weight is 653 g/mol. The molecule has 4 heterocycles. The van der Waals surface area contributed by atoms with Crippen LogP contribution in [0.5, 0.6) is 0 Å². The van der Waals surface area contributed by atoms with Gasteiger partial charge in [0.05, 0.1) is 18.0 Å². The number of nitrogens with two attached hydrogens (primary N) is 2. The molecule has 0 saturated carbocycles. The summed E-state index contributed by atoms with van der Waals surface area (Å²) in [6.45, 7) is 11.3. The quantitative estimate of drug-likeness (QED) is 0.219. The number of benzene rings is 2. The first-order valence-corrected chi connectivity index (χ1v) is 16.3. The topological polar surface area (TPSA) is 101 Å². The third-order valence-electron chi connectivity index (χ3n) is 8.03. The van der Waals surface area contributed by atoms with Crippen LogP contribution < -0.4 is 11.5 Å². The minimum atomic E-state index is -0.0301. The van der Waals surface area contributed by atoms with E-state index in [1.807, 2.05) is 36.4 Å². The summed E-state index contributed by atoms with van der Waals surface area (Å²) in [5.74, 6) is 0. The predicted molar refractivity (Wildman–Crippen MR) is 171 cm³/mol. The normalized spacial score (nSPS) is 17.7. The van der Waals surface area contributed by atoms with Gasteiger partial charge in [0.2, 0.25) is 0 Å². The number of rotatable bonds is 6. The Labute approximate surface area is 257 Å². The largest absolute Gasteiger partial charge is 0.381 e. The first kappa shape index (κ1) is 30.0. The van der Waals surface area contributed by atoms with Gasteiger partial charge in [0.1, 0.15) is 10.0 Å². The molecule has 6 rings (SSSR count). The van der Waals surface area contributed by atoms with Crippen LogP contribution in [0.2, 0.25) is 0 Å². The standard InChI is InChI=1S/C16H17N3OS.C15H17BrN2OS/c1-18-13-4-2-12(3-5-13)14-10-21-15(19-14)16(11-17)6-8-20-9-7-16;16-12-3-1-11(2-4-12)13-9-20-14(18-13)15(10-17)5-7-19-8-6-15/h2-5,10H,6-9,11,17H2;1-4,9H,5-8,10,17H2. The molecule has 0 bridgehead atoms.